The number of carbonyl (C=O) groups is 1. The first-order chi connectivity index (χ1) is 7.82. The highest BCUT2D eigenvalue weighted by atomic mass is 79.9. The molecule has 0 bridgehead atoms. The Hall–Kier alpha value is -0.830. The van der Waals surface area contributed by atoms with Crippen LogP contribution in [0.4, 0.5) is 0 Å². The molecule has 1 amide bonds. The van der Waals surface area contributed by atoms with Crippen LogP contribution in [0.1, 0.15) is 36.7 Å². The molecule has 1 unspecified atom stereocenters. The molecule has 1 aromatic rings. The van der Waals surface area contributed by atoms with Gasteiger partial charge in [0.15, 0.2) is 0 Å². The van der Waals surface area contributed by atoms with Crippen molar-refractivity contribution in [2.75, 3.05) is 7.05 Å². The first kappa shape index (κ1) is 14.2. The van der Waals surface area contributed by atoms with E-state index in [1.165, 1.54) is 0 Å². The molecule has 1 rings (SSSR count). The van der Waals surface area contributed by atoms with Crippen LogP contribution < -0.4 is 0 Å². The van der Waals surface area contributed by atoms with Gasteiger partial charge in [-0.15, -0.1) is 0 Å². The zero-order valence-electron chi connectivity index (χ0n) is 11.1. The topological polar surface area (TPSA) is 20.3 Å². The van der Waals surface area contributed by atoms with Crippen molar-refractivity contribution in [1.82, 2.24) is 4.90 Å². The van der Waals surface area contributed by atoms with Gasteiger partial charge in [-0.05, 0) is 43.5 Å². The summed E-state index contributed by atoms with van der Waals surface area (Å²) in [5.74, 6) is 0.535. The molecule has 17 heavy (non-hydrogen) atoms. The smallest absolute Gasteiger partial charge is 0.253 e. The van der Waals surface area contributed by atoms with Crippen molar-refractivity contribution in [2.45, 2.75) is 33.7 Å². The molecule has 0 aromatic heterocycles. The summed E-state index contributed by atoms with van der Waals surface area (Å²) >= 11 is 3.43. The average molecular weight is 298 g/mol. The molecule has 0 saturated heterocycles. The van der Waals surface area contributed by atoms with Gasteiger partial charge in [-0.25, -0.2) is 0 Å². The third kappa shape index (κ3) is 3.56. The number of nitrogens with zero attached hydrogens (tertiary/aromatic N) is 1. The molecule has 2 nitrogen and oxygen atoms in total. The van der Waals surface area contributed by atoms with E-state index in [1.807, 2.05) is 37.1 Å². The largest absolute Gasteiger partial charge is 0.339 e. The second-order valence-electron chi connectivity index (χ2n) is 4.92. The molecule has 0 radical (unpaired) electrons. The fraction of sp³-hybridized carbons (Fsp3) is 0.500. The molecule has 0 spiro atoms. The standard InChI is InChI=1S/C14H20BrNO/c1-9(2)11(4)16(5)14(17)12-6-10(3)7-13(15)8-12/h6-9,11H,1-5H3. The van der Waals surface area contributed by atoms with Gasteiger partial charge in [0, 0.05) is 23.1 Å². The van der Waals surface area contributed by atoms with Crippen LogP contribution >= 0.6 is 15.9 Å². The SMILES string of the molecule is Cc1cc(Br)cc(C(=O)N(C)C(C)C(C)C)c1. The first-order valence-electron chi connectivity index (χ1n) is 5.87. The van der Waals surface area contributed by atoms with Gasteiger partial charge in [0.2, 0.25) is 0 Å². The second-order valence-corrected chi connectivity index (χ2v) is 5.83. The molecule has 0 heterocycles. The van der Waals surface area contributed by atoms with Crippen molar-refractivity contribution < 1.29 is 4.79 Å². The van der Waals surface area contributed by atoms with E-state index in [4.69, 9.17) is 0 Å². The van der Waals surface area contributed by atoms with E-state index in [9.17, 15) is 4.79 Å². The van der Waals surface area contributed by atoms with Crippen molar-refractivity contribution in [1.29, 1.82) is 0 Å². The molecular formula is C14H20BrNO. The van der Waals surface area contributed by atoms with Gasteiger partial charge < -0.3 is 4.90 Å². The number of hydrogen-bond acceptors (Lipinski definition) is 1. The highest BCUT2D eigenvalue weighted by Gasteiger charge is 2.20. The second kappa shape index (κ2) is 5.67. The summed E-state index contributed by atoms with van der Waals surface area (Å²) in [4.78, 5) is 14.1. The summed E-state index contributed by atoms with van der Waals surface area (Å²) < 4.78 is 0.950. The molecule has 0 aliphatic carbocycles. The molecule has 1 aromatic carbocycles. The molecule has 1 atom stereocenters. The van der Waals surface area contributed by atoms with Gasteiger partial charge in [-0.3, -0.25) is 4.79 Å². The van der Waals surface area contributed by atoms with Crippen LogP contribution in [0.3, 0.4) is 0 Å². The third-order valence-electron chi connectivity index (χ3n) is 3.19. The lowest BCUT2D eigenvalue weighted by Crippen LogP contribution is -2.38. The third-order valence-corrected chi connectivity index (χ3v) is 3.64. The number of halogens is 1. The van der Waals surface area contributed by atoms with Crippen molar-refractivity contribution in [2.24, 2.45) is 5.92 Å². The number of hydrogen-bond donors (Lipinski definition) is 0. The summed E-state index contributed by atoms with van der Waals surface area (Å²) in [5.41, 5.74) is 1.83. The van der Waals surface area contributed by atoms with Crippen LogP contribution in [0.15, 0.2) is 22.7 Å². The van der Waals surface area contributed by atoms with E-state index in [1.54, 1.807) is 0 Å². The molecule has 0 aliphatic rings. The maximum absolute atomic E-state index is 12.3. The monoisotopic (exact) mass is 297 g/mol. The van der Waals surface area contributed by atoms with Crippen LogP contribution in [-0.4, -0.2) is 23.9 Å². The average Bonchev–Trinajstić information content (AvgIpc) is 2.24. The Bertz CT molecular complexity index is 394. The van der Waals surface area contributed by atoms with Gasteiger partial charge in [0.1, 0.15) is 0 Å². The van der Waals surface area contributed by atoms with Crippen LogP contribution in [0.2, 0.25) is 0 Å². The number of rotatable bonds is 3. The Morgan fingerprint density at radius 3 is 2.29 bits per heavy atom. The Morgan fingerprint density at radius 2 is 1.82 bits per heavy atom. The molecule has 0 saturated carbocycles. The van der Waals surface area contributed by atoms with Crippen LogP contribution in [0, 0.1) is 12.8 Å². The molecular weight excluding hydrogens is 278 g/mol. The number of benzene rings is 1. The van der Waals surface area contributed by atoms with Gasteiger partial charge >= 0.3 is 0 Å². The van der Waals surface area contributed by atoms with E-state index < -0.39 is 0 Å². The minimum atomic E-state index is 0.0793. The molecule has 3 heteroatoms. The van der Waals surface area contributed by atoms with Crippen LogP contribution in [0.5, 0.6) is 0 Å². The molecule has 0 aliphatic heterocycles. The first-order valence-corrected chi connectivity index (χ1v) is 6.66. The summed E-state index contributed by atoms with van der Waals surface area (Å²) in [6, 6.07) is 6.04. The number of carbonyl (C=O) groups excluding carboxylic acids is 1. The fourth-order valence-corrected chi connectivity index (χ4v) is 2.30. The van der Waals surface area contributed by atoms with Gasteiger partial charge in [-0.1, -0.05) is 29.8 Å². The Morgan fingerprint density at radius 1 is 1.24 bits per heavy atom. The van der Waals surface area contributed by atoms with E-state index >= 15 is 0 Å². The Balaban J connectivity index is 2.96. The quantitative estimate of drug-likeness (QED) is 0.829. The lowest BCUT2D eigenvalue weighted by atomic mass is 10.0. The van der Waals surface area contributed by atoms with Gasteiger partial charge in [0.25, 0.3) is 5.91 Å². The van der Waals surface area contributed by atoms with Crippen molar-refractivity contribution in [3.05, 3.63) is 33.8 Å². The molecule has 0 fully saturated rings. The Kier molecular flexibility index (Phi) is 4.75. The zero-order valence-corrected chi connectivity index (χ0v) is 12.7. The number of amides is 1. The van der Waals surface area contributed by atoms with Crippen molar-refractivity contribution in [3.63, 3.8) is 0 Å². The maximum atomic E-state index is 12.3. The molecule has 94 valence electrons. The summed E-state index contributed by atoms with van der Waals surface area (Å²) in [5, 5.41) is 0. The summed E-state index contributed by atoms with van der Waals surface area (Å²) in [7, 11) is 1.86. The highest BCUT2D eigenvalue weighted by Crippen LogP contribution is 2.18. The predicted molar refractivity (Wildman–Crippen MR) is 75.3 cm³/mol. The summed E-state index contributed by atoms with van der Waals surface area (Å²) in [6.45, 7) is 8.32. The fourth-order valence-electron chi connectivity index (χ4n) is 1.70. The highest BCUT2D eigenvalue weighted by molar-refractivity contribution is 9.10. The van der Waals surface area contributed by atoms with E-state index in [0.29, 0.717) is 5.92 Å². The maximum Gasteiger partial charge on any atom is 0.253 e. The summed E-state index contributed by atoms with van der Waals surface area (Å²) in [6.07, 6.45) is 0. The van der Waals surface area contributed by atoms with Crippen LogP contribution in [-0.2, 0) is 0 Å². The normalized spacial score (nSPS) is 12.6. The van der Waals surface area contributed by atoms with E-state index in [0.717, 1.165) is 15.6 Å². The van der Waals surface area contributed by atoms with Crippen LogP contribution in [0.25, 0.3) is 0 Å². The van der Waals surface area contributed by atoms with Gasteiger partial charge in [0.05, 0.1) is 0 Å². The van der Waals surface area contributed by atoms with E-state index in [-0.39, 0.29) is 11.9 Å². The Labute approximate surface area is 112 Å². The molecule has 0 N–H and O–H groups in total. The predicted octanol–water partition coefficient (Wildman–Crippen LogP) is 3.87. The van der Waals surface area contributed by atoms with Crippen molar-refractivity contribution >= 4 is 21.8 Å². The lowest BCUT2D eigenvalue weighted by molar-refractivity contribution is 0.0707. The van der Waals surface area contributed by atoms with Crippen molar-refractivity contribution in [3.8, 4) is 0 Å². The van der Waals surface area contributed by atoms with E-state index in [2.05, 4.69) is 36.7 Å². The lowest BCUT2D eigenvalue weighted by Gasteiger charge is -2.28. The minimum absolute atomic E-state index is 0.0793. The minimum Gasteiger partial charge on any atom is -0.339 e. The zero-order chi connectivity index (χ0) is 13.2. The number of aryl methyl sites for hydroxylation is 1. The van der Waals surface area contributed by atoms with Gasteiger partial charge in [-0.2, -0.15) is 0 Å².